The second-order valence-corrected chi connectivity index (χ2v) is 8.47. The molecule has 4 nitrogen and oxygen atoms in total. The van der Waals surface area contributed by atoms with Gasteiger partial charge in [-0.1, -0.05) is 26.3 Å². The molecule has 0 heterocycles. The molecule has 2 rings (SSSR count). The Morgan fingerprint density at radius 2 is 2.00 bits per heavy atom. The zero-order valence-corrected chi connectivity index (χ0v) is 17.8. The van der Waals surface area contributed by atoms with Crippen LogP contribution in [-0.2, 0) is 0 Å². The van der Waals surface area contributed by atoms with Gasteiger partial charge in [-0.2, -0.15) is 0 Å². The van der Waals surface area contributed by atoms with Gasteiger partial charge in [-0.05, 0) is 76.6 Å². The molecule has 0 atom stereocenters. The molecule has 5 heteroatoms. The molecule has 0 bridgehead atoms. The molecule has 0 spiro atoms. The lowest BCUT2D eigenvalue weighted by Crippen LogP contribution is -2.39. The van der Waals surface area contributed by atoms with E-state index in [-0.39, 0.29) is 20.9 Å². The summed E-state index contributed by atoms with van der Waals surface area (Å²) < 4.78 is 18.5. The third-order valence-electron chi connectivity index (χ3n) is 4.60. The highest BCUT2D eigenvalue weighted by Gasteiger charge is 2.22. The van der Waals surface area contributed by atoms with Crippen molar-refractivity contribution in [2.24, 2.45) is 5.92 Å². The van der Waals surface area contributed by atoms with Crippen molar-refractivity contribution in [3.63, 3.8) is 0 Å². The monoisotopic (exact) mass is 386 g/mol. The minimum atomic E-state index is -0.258. The average molecular weight is 387 g/mol. The predicted molar refractivity (Wildman–Crippen MR) is 115 cm³/mol. The minimum absolute atomic E-state index is 0. The zero-order valence-electron chi connectivity index (χ0n) is 17.8. The van der Waals surface area contributed by atoms with Crippen molar-refractivity contribution in [2.45, 2.75) is 78.3 Å². The number of nitrogens with one attached hydrogen (secondary N) is 2. The lowest BCUT2D eigenvalue weighted by molar-refractivity contribution is 0.201. The molecule has 1 aromatic rings. The molecule has 1 aromatic carbocycles. The molecule has 0 radical (unpaired) electrons. The smallest absolute Gasteiger partial charge is 0.165 e. The van der Waals surface area contributed by atoms with Gasteiger partial charge in [0.15, 0.2) is 11.6 Å². The highest BCUT2D eigenvalue weighted by Crippen LogP contribution is 2.30. The van der Waals surface area contributed by atoms with E-state index in [9.17, 15) is 4.39 Å². The van der Waals surface area contributed by atoms with Gasteiger partial charge in [0.2, 0.25) is 0 Å². The fourth-order valence-electron chi connectivity index (χ4n) is 2.60. The van der Waals surface area contributed by atoms with Gasteiger partial charge in [0, 0.05) is 14.4 Å². The molecule has 0 amide bonds. The lowest BCUT2D eigenvalue weighted by atomic mass is 9.97. The van der Waals surface area contributed by atoms with Crippen LogP contribution in [0.25, 0.3) is 0 Å². The summed E-state index contributed by atoms with van der Waals surface area (Å²) in [6, 6.07) is 5.53. The summed E-state index contributed by atoms with van der Waals surface area (Å²) in [6.07, 6.45) is 5.96. The predicted octanol–water partition coefficient (Wildman–Crippen LogP) is 4.89. The number of aryl methyl sites for hydroxylation is 1. The number of hydrogen-bond donors (Lipinski definition) is 3. The van der Waals surface area contributed by atoms with E-state index in [1.807, 2.05) is 6.92 Å². The van der Waals surface area contributed by atoms with Crippen molar-refractivity contribution < 1.29 is 17.1 Å². The summed E-state index contributed by atoms with van der Waals surface area (Å²) in [5.41, 5.74) is 1.10. The Morgan fingerprint density at radius 1 is 1.30 bits per heavy atom. The minimum Gasteiger partial charge on any atom is -0.490 e. The van der Waals surface area contributed by atoms with Crippen LogP contribution in [0.4, 0.5) is 4.39 Å². The number of aliphatic hydroxyl groups excluding tert-OH is 1. The fourth-order valence-corrected chi connectivity index (χ4v) is 2.60. The summed E-state index contributed by atoms with van der Waals surface area (Å²) in [5.74, 6) is 0.804. The Morgan fingerprint density at radius 3 is 2.59 bits per heavy atom. The highest BCUT2D eigenvalue weighted by molar-refractivity contribution is 5.29. The third-order valence-corrected chi connectivity index (χ3v) is 4.60. The van der Waals surface area contributed by atoms with Crippen molar-refractivity contribution in [2.75, 3.05) is 19.9 Å². The van der Waals surface area contributed by atoms with Gasteiger partial charge in [0.05, 0.1) is 13.3 Å². The standard InChI is InChI=1S/C11H13FO.C11H26N2O.2H2/c1-8-2-5-10(12)11(6-8)13-7-9-3-4-9;1-10(2)12-8-6-5-7-11(3,4)13-9-14;;/h2,5-6,9H,3-4,7H2,1H3;10,12-14H,5-9H2,1-4H3;2*1H. The van der Waals surface area contributed by atoms with E-state index in [1.54, 1.807) is 12.1 Å². The summed E-state index contributed by atoms with van der Waals surface area (Å²) in [7, 11) is 0. The second-order valence-electron chi connectivity index (χ2n) is 8.47. The number of benzene rings is 1. The van der Waals surface area contributed by atoms with E-state index in [0.29, 0.717) is 24.3 Å². The molecule has 1 aliphatic rings. The van der Waals surface area contributed by atoms with Crippen LogP contribution in [-0.4, -0.2) is 36.6 Å². The Balaban J connectivity index is 0. The van der Waals surface area contributed by atoms with Gasteiger partial charge in [0.1, 0.15) is 0 Å². The van der Waals surface area contributed by atoms with Gasteiger partial charge in [0.25, 0.3) is 0 Å². The molecule has 3 N–H and O–H groups in total. The van der Waals surface area contributed by atoms with Crippen molar-refractivity contribution in [1.82, 2.24) is 10.6 Å². The van der Waals surface area contributed by atoms with Crippen LogP contribution in [0.1, 0.15) is 68.2 Å². The quantitative estimate of drug-likeness (QED) is 0.374. The third kappa shape index (κ3) is 12.0. The van der Waals surface area contributed by atoms with E-state index in [4.69, 9.17) is 9.84 Å². The Labute approximate surface area is 167 Å². The molecule has 1 fully saturated rings. The van der Waals surface area contributed by atoms with Gasteiger partial charge in [-0.25, -0.2) is 4.39 Å². The molecule has 27 heavy (non-hydrogen) atoms. The molecule has 0 unspecified atom stereocenters. The zero-order chi connectivity index (χ0) is 20.3. The first-order valence-corrected chi connectivity index (χ1v) is 10.2. The van der Waals surface area contributed by atoms with Gasteiger partial charge < -0.3 is 15.2 Å². The van der Waals surface area contributed by atoms with E-state index in [1.165, 1.54) is 31.7 Å². The molecule has 1 saturated carbocycles. The molecule has 1 aliphatic carbocycles. The first kappa shape index (κ1) is 23.9. The van der Waals surface area contributed by atoms with Crippen LogP contribution >= 0.6 is 0 Å². The van der Waals surface area contributed by atoms with Crippen LogP contribution in [0, 0.1) is 18.7 Å². The van der Waals surface area contributed by atoms with Crippen molar-refractivity contribution >= 4 is 0 Å². The summed E-state index contributed by atoms with van der Waals surface area (Å²) in [6.45, 7) is 12.3. The Kier molecular flexibility index (Phi) is 10.9. The summed E-state index contributed by atoms with van der Waals surface area (Å²) >= 11 is 0. The van der Waals surface area contributed by atoms with Gasteiger partial charge >= 0.3 is 0 Å². The fraction of sp³-hybridized carbons (Fsp3) is 0.727. The van der Waals surface area contributed by atoms with E-state index < -0.39 is 0 Å². The van der Waals surface area contributed by atoms with Crippen molar-refractivity contribution in [3.05, 3.63) is 29.6 Å². The second kappa shape index (κ2) is 12.3. The average Bonchev–Trinajstić information content (AvgIpc) is 3.40. The maximum atomic E-state index is 13.1. The molecular formula is C22H43FN2O2. The maximum absolute atomic E-state index is 13.1. The Bertz CT molecular complexity index is 542. The normalized spacial score (nSPS) is 14.1. The lowest BCUT2D eigenvalue weighted by Gasteiger charge is -2.25. The molecular weight excluding hydrogens is 343 g/mol. The molecule has 160 valence electrons. The number of aliphatic hydroxyl groups is 1. The number of unbranched alkanes of at least 4 members (excludes halogenated alkanes) is 1. The van der Waals surface area contributed by atoms with Crippen LogP contribution < -0.4 is 15.4 Å². The highest BCUT2D eigenvalue weighted by atomic mass is 19.1. The van der Waals surface area contributed by atoms with E-state index >= 15 is 0 Å². The van der Waals surface area contributed by atoms with E-state index in [0.717, 1.165) is 18.5 Å². The first-order chi connectivity index (χ1) is 12.7. The number of halogens is 1. The maximum Gasteiger partial charge on any atom is 0.165 e. The largest absolute Gasteiger partial charge is 0.490 e. The van der Waals surface area contributed by atoms with Crippen LogP contribution in [0.5, 0.6) is 5.75 Å². The van der Waals surface area contributed by atoms with Crippen LogP contribution in [0.3, 0.4) is 0 Å². The number of hydrogen-bond acceptors (Lipinski definition) is 4. The van der Waals surface area contributed by atoms with E-state index in [2.05, 4.69) is 38.3 Å². The molecule has 0 aliphatic heterocycles. The number of ether oxygens (including phenoxy) is 1. The first-order valence-electron chi connectivity index (χ1n) is 10.2. The molecule has 0 aromatic heterocycles. The van der Waals surface area contributed by atoms with Gasteiger partial charge in [-0.3, -0.25) is 5.32 Å². The van der Waals surface area contributed by atoms with Crippen molar-refractivity contribution in [3.8, 4) is 5.75 Å². The Hall–Kier alpha value is -1.17. The number of rotatable bonds is 11. The molecule has 0 saturated heterocycles. The van der Waals surface area contributed by atoms with Crippen LogP contribution in [0.2, 0.25) is 0 Å². The topological polar surface area (TPSA) is 53.5 Å². The SMILES string of the molecule is CC(C)NCCCCC(C)(C)NCO.Cc1ccc(F)c(OCC2CC2)c1.[HH].[HH]. The van der Waals surface area contributed by atoms with Gasteiger partial charge in [-0.15, -0.1) is 0 Å². The van der Waals surface area contributed by atoms with Crippen LogP contribution in [0.15, 0.2) is 18.2 Å². The summed E-state index contributed by atoms with van der Waals surface area (Å²) in [5, 5.41) is 15.2. The summed E-state index contributed by atoms with van der Waals surface area (Å²) in [4.78, 5) is 0. The van der Waals surface area contributed by atoms with Crippen molar-refractivity contribution in [1.29, 1.82) is 0 Å².